The van der Waals surface area contributed by atoms with Crippen LogP contribution in [0.25, 0.3) is 11.3 Å². The zero-order valence-corrected chi connectivity index (χ0v) is 9.12. The maximum Gasteiger partial charge on any atom is 0.417 e. The molecule has 0 bridgehead atoms. The van der Waals surface area contributed by atoms with Gasteiger partial charge in [-0.1, -0.05) is 0 Å². The highest BCUT2D eigenvalue weighted by Crippen LogP contribution is 2.37. The quantitative estimate of drug-likeness (QED) is 0.827. The number of H-pyrrole nitrogens is 1. The first kappa shape index (κ1) is 13.1. The first-order valence-electron chi connectivity index (χ1n) is 4.94. The molecule has 8 heteroatoms. The van der Waals surface area contributed by atoms with Crippen LogP contribution < -0.4 is 0 Å². The van der Waals surface area contributed by atoms with Crippen molar-refractivity contribution >= 4 is 5.97 Å². The third kappa shape index (κ3) is 2.42. The molecule has 2 rings (SSSR count). The number of nitrogens with one attached hydrogen (secondary N) is 1. The van der Waals surface area contributed by atoms with Gasteiger partial charge in [-0.15, -0.1) is 0 Å². The Morgan fingerprint density at radius 2 is 2.00 bits per heavy atom. The predicted molar refractivity (Wildman–Crippen MR) is 55.9 cm³/mol. The van der Waals surface area contributed by atoms with Crippen molar-refractivity contribution < 1.29 is 27.5 Å². The van der Waals surface area contributed by atoms with Crippen LogP contribution in [0.1, 0.15) is 15.9 Å². The number of benzene rings is 1. The van der Waals surface area contributed by atoms with Gasteiger partial charge in [-0.05, 0) is 18.2 Å². The average Bonchev–Trinajstić information content (AvgIpc) is 2.75. The van der Waals surface area contributed by atoms with Gasteiger partial charge in [-0.2, -0.15) is 18.3 Å². The minimum absolute atomic E-state index is 0.390. The van der Waals surface area contributed by atoms with Crippen molar-refractivity contribution in [2.75, 3.05) is 0 Å². The number of aromatic amines is 1. The maximum absolute atomic E-state index is 13.1. The smallest absolute Gasteiger partial charge is 0.417 e. The number of carboxylic acid groups (broad SMARTS) is 1. The Hall–Kier alpha value is -2.38. The molecule has 0 saturated heterocycles. The summed E-state index contributed by atoms with van der Waals surface area (Å²) >= 11 is 0. The van der Waals surface area contributed by atoms with Crippen molar-refractivity contribution in [1.29, 1.82) is 0 Å². The van der Waals surface area contributed by atoms with Crippen molar-refractivity contribution in [3.05, 3.63) is 41.3 Å². The normalized spacial score (nSPS) is 11.6. The molecule has 0 saturated carbocycles. The van der Waals surface area contributed by atoms with E-state index in [0.29, 0.717) is 18.2 Å². The lowest BCUT2D eigenvalue weighted by atomic mass is 10.0. The van der Waals surface area contributed by atoms with Crippen molar-refractivity contribution in [3.63, 3.8) is 0 Å². The number of aromatic nitrogens is 2. The van der Waals surface area contributed by atoms with Gasteiger partial charge in [0, 0.05) is 5.56 Å². The largest absolute Gasteiger partial charge is 0.478 e. The summed E-state index contributed by atoms with van der Waals surface area (Å²) in [5.74, 6) is -2.37. The van der Waals surface area contributed by atoms with Crippen LogP contribution in [0.5, 0.6) is 0 Å². The minimum atomic E-state index is -4.73. The van der Waals surface area contributed by atoms with Gasteiger partial charge in [0.25, 0.3) is 0 Å². The van der Waals surface area contributed by atoms with Gasteiger partial charge in [0.05, 0.1) is 17.5 Å². The number of rotatable bonds is 2. The maximum atomic E-state index is 13.1. The molecule has 0 fully saturated rings. The van der Waals surface area contributed by atoms with E-state index >= 15 is 0 Å². The molecular formula is C11H6F4N2O2. The Morgan fingerprint density at radius 3 is 2.58 bits per heavy atom. The zero-order valence-electron chi connectivity index (χ0n) is 9.12. The molecule has 19 heavy (non-hydrogen) atoms. The second-order valence-corrected chi connectivity index (χ2v) is 3.65. The second-order valence-electron chi connectivity index (χ2n) is 3.65. The van der Waals surface area contributed by atoms with Crippen molar-refractivity contribution in [2.24, 2.45) is 0 Å². The number of aromatic carboxylic acids is 1. The summed E-state index contributed by atoms with van der Waals surface area (Å²) in [5.41, 5.74) is -2.58. The molecule has 0 aliphatic heterocycles. The molecule has 100 valence electrons. The van der Waals surface area contributed by atoms with Crippen LogP contribution in [0.4, 0.5) is 17.6 Å². The van der Waals surface area contributed by atoms with E-state index in [0.717, 1.165) is 6.20 Å². The Morgan fingerprint density at radius 1 is 1.32 bits per heavy atom. The molecule has 1 aromatic carbocycles. The number of carbonyl (C=O) groups is 1. The predicted octanol–water partition coefficient (Wildman–Crippen LogP) is 2.93. The lowest BCUT2D eigenvalue weighted by molar-refractivity contribution is -0.137. The molecular weight excluding hydrogens is 268 g/mol. The highest BCUT2D eigenvalue weighted by atomic mass is 19.4. The number of carboxylic acids is 1. The summed E-state index contributed by atoms with van der Waals surface area (Å²) in [6.07, 6.45) is -3.87. The third-order valence-electron chi connectivity index (χ3n) is 2.43. The summed E-state index contributed by atoms with van der Waals surface area (Å²) in [7, 11) is 0. The summed E-state index contributed by atoms with van der Waals surface area (Å²) in [6.45, 7) is 0. The van der Waals surface area contributed by atoms with Crippen LogP contribution in [0.15, 0.2) is 24.4 Å². The Balaban J connectivity index is 2.70. The van der Waals surface area contributed by atoms with E-state index in [4.69, 9.17) is 5.11 Å². The highest BCUT2D eigenvalue weighted by molar-refractivity contribution is 5.95. The fourth-order valence-electron chi connectivity index (χ4n) is 1.62. The summed E-state index contributed by atoms with van der Waals surface area (Å²) in [4.78, 5) is 10.9. The number of hydrogen-bond acceptors (Lipinski definition) is 2. The van der Waals surface area contributed by atoms with Crippen LogP contribution in [0.3, 0.4) is 0 Å². The van der Waals surface area contributed by atoms with Crippen molar-refractivity contribution in [2.45, 2.75) is 6.18 Å². The van der Waals surface area contributed by atoms with Gasteiger partial charge in [0.1, 0.15) is 11.4 Å². The topological polar surface area (TPSA) is 66.0 Å². The van der Waals surface area contributed by atoms with Crippen molar-refractivity contribution in [3.8, 4) is 11.3 Å². The van der Waals surface area contributed by atoms with E-state index in [2.05, 4.69) is 10.2 Å². The van der Waals surface area contributed by atoms with E-state index in [-0.39, 0.29) is 5.69 Å². The molecule has 1 aromatic heterocycles. The molecule has 4 nitrogen and oxygen atoms in total. The molecule has 2 aromatic rings. The zero-order chi connectivity index (χ0) is 14.2. The monoisotopic (exact) mass is 274 g/mol. The molecule has 2 N–H and O–H groups in total. The molecule has 0 unspecified atom stereocenters. The fourth-order valence-corrected chi connectivity index (χ4v) is 1.62. The minimum Gasteiger partial charge on any atom is -0.478 e. The molecule has 1 heterocycles. The molecule has 0 atom stereocenters. The van der Waals surface area contributed by atoms with E-state index in [1.807, 2.05) is 0 Å². The summed E-state index contributed by atoms with van der Waals surface area (Å²) < 4.78 is 51.5. The van der Waals surface area contributed by atoms with Gasteiger partial charge in [-0.3, -0.25) is 5.10 Å². The van der Waals surface area contributed by atoms with Crippen LogP contribution in [0.2, 0.25) is 0 Å². The van der Waals surface area contributed by atoms with Gasteiger partial charge >= 0.3 is 12.1 Å². The Kier molecular flexibility index (Phi) is 3.01. The first-order valence-corrected chi connectivity index (χ1v) is 4.94. The van der Waals surface area contributed by atoms with E-state index in [1.165, 1.54) is 0 Å². The number of halogens is 4. The molecule has 0 aliphatic rings. The lowest BCUT2D eigenvalue weighted by Gasteiger charge is -2.12. The molecule has 0 aliphatic carbocycles. The third-order valence-corrected chi connectivity index (χ3v) is 2.43. The van der Waals surface area contributed by atoms with Crippen LogP contribution in [-0.4, -0.2) is 21.3 Å². The van der Waals surface area contributed by atoms with Gasteiger partial charge in [0.15, 0.2) is 0 Å². The standard InChI is InChI=1S/C11H6F4N2O2/c12-5-1-2-8(11(13,14)15)6(3-5)9-7(10(18)19)4-16-17-9/h1-4H,(H,16,17)(H,18,19). The average molecular weight is 274 g/mol. The molecule has 0 radical (unpaired) electrons. The van der Waals surface area contributed by atoms with Crippen LogP contribution >= 0.6 is 0 Å². The Bertz CT molecular complexity index is 634. The summed E-state index contributed by atoms with van der Waals surface area (Å²) in [5, 5.41) is 14.4. The SMILES string of the molecule is O=C(O)c1cn[nH]c1-c1cc(F)ccc1C(F)(F)F. The van der Waals surface area contributed by atoms with Crippen LogP contribution in [0, 0.1) is 5.82 Å². The van der Waals surface area contributed by atoms with Crippen LogP contribution in [-0.2, 0) is 6.18 Å². The molecule has 0 spiro atoms. The molecule has 0 amide bonds. The Labute approximate surface area is 103 Å². The van der Waals surface area contributed by atoms with E-state index in [9.17, 15) is 22.4 Å². The van der Waals surface area contributed by atoms with E-state index < -0.39 is 34.7 Å². The van der Waals surface area contributed by atoms with Gasteiger partial charge < -0.3 is 5.11 Å². The van der Waals surface area contributed by atoms with Crippen molar-refractivity contribution in [1.82, 2.24) is 10.2 Å². The second kappa shape index (κ2) is 4.38. The summed E-state index contributed by atoms with van der Waals surface area (Å²) in [6, 6.07) is 1.82. The highest BCUT2D eigenvalue weighted by Gasteiger charge is 2.35. The van der Waals surface area contributed by atoms with Gasteiger partial charge in [0.2, 0.25) is 0 Å². The number of hydrogen-bond donors (Lipinski definition) is 2. The number of alkyl halides is 3. The lowest BCUT2D eigenvalue weighted by Crippen LogP contribution is -2.09. The van der Waals surface area contributed by atoms with Gasteiger partial charge in [-0.25, -0.2) is 9.18 Å². The fraction of sp³-hybridized carbons (Fsp3) is 0.0909. The first-order chi connectivity index (χ1) is 8.80. The van der Waals surface area contributed by atoms with E-state index in [1.54, 1.807) is 0 Å². The number of nitrogens with zero attached hydrogens (tertiary/aromatic N) is 1.